The monoisotopic (exact) mass is 248 g/mol. The van der Waals surface area contributed by atoms with Crippen molar-refractivity contribution in [2.75, 3.05) is 0 Å². The van der Waals surface area contributed by atoms with Gasteiger partial charge in [-0.05, 0) is 47.7 Å². The molecule has 0 aliphatic carbocycles. The highest BCUT2D eigenvalue weighted by Gasteiger charge is 2.05. The Hall–Kier alpha value is -1.05. The summed E-state index contributed by atoms with van der Waals surface area (Å²) in [7, 11) is 0. The molecule has 0 saturated carbocycles. The lowest BCUT2D eigenvalue weighted by Gasteiger charge is -2.10. The number of aryl methyl sites for hydroxylation is 1. The molecular weight excluding hydrogens is 232 g/mol. The molecule has 0 fully saturated rings. The smallest absolute Gasteiger partial charge is 0.0540 e. The van der Waals surface area contributed by atoms with E-state index in [0.717, 1.165) is 24.3 Å². The predicted octanol–water partition coefficient (Wildman–Crippen LogP) is 4.20. The molecule has 0 amide bonds. The SMILES string of the molecule is CCC(O)CCc1cccc2cc(Cl)ccc12. The summed E-state index contributed by atoms with van der Waals surface area (Å²) in [5.74, 6) is 0. The molecule has 1 unspecified atom stereocenters. The lowest BCUT2D eigenvalue weighted by molar-refractivity contribution is 0.161. The van der Waals surface area contributed by atoms with Crippen molar-refractivity contribution >= 4 is 22.4 Å². The largest absolute Gasteiger partial charge is 0.393 e. The van der Waals surface area contributed by atoms with E-state index in [9.17, 15) is 5.11 Å². The van der Waals surface area contributed by atoms with Crippen molar-refractivity contribution in [2.24, 2.45) is 0 Å². The second-order valence-corrected chi connectivity index (χ2v) is 4.82. The Bertz CT molecular complexity index is 507. The number of aliphatic hydroxyl groups excluding tert-OH is 1. The minimum Gasteiger partial charge on any atom is -0.393 e. The van der Waals surface area contributed by atoms with Gasteiger partial charge in [-0.25, -0.2) is 0 Å². The lowest BCUT2D eigenvalue weighted by atomic mass is 9.99. The Labute approximate surface area is 107 Å². The van der Waals surface area contributed by atoms with Gasteiger partial charge >= 0.3 is 0 Å². The Balaban J connectivity index is 2.28. The van der Waals surface area contributed by atoms with Crippen molar-refractivity contribution in [2.45, 2.75) is 32.3 Å². The predicted molar refractivity (Wildman–Crippen MR) is 73.6 cm³/mol. The molecule has 90 valence electrons. The van der Waals surface area contributed by atoms with E-state index >= 15 is 0 Å². The molecular formula is C15H17ClO. The van der Waals surface area contributed by atoms with Crippen LogP contribution in [0, 0.1) is 0 Å². The minimum atomic E-state index is -0.197. The van der Waals surface area contributed by atoms with Gasteiger partial charge in [0.1, 0.15) is 0 Å². The number of benzene rings is 2. The van der Waals surface area contributed by atoms with Gasteiger partial charge in [0.25, 0.3) is 0 Å². The Morgan fingerprint density at radius 3 is 2.82 bits per heavy atom. The normalized spacial score (nSPS) is 12.9. The third kappa shape index (κ3) is 2.99. The number of aliphatic hydroxyl groups is 1. The van der Waals surface area contributed by atoms with Crippen molar-refractivity contribution in [3.63, 3.8) is 0 Å². The van der Waals surface area contributed by atoms with Crippen LogP contribution in [0.4, 0.5) is 0 Å². The van der Waals surface area contributed by atoms with Gasteiger partial charge in [-0.1, -0.05) is 42.8 Å². The van der Waals surface area contributed by atoms with Crippen molar-refractivity contribution < 1.29 is 5.11 Å². The number of hydrogen-bond acceptors (Lipinski definition) is 1. The van der Waals surface area contributed by atoms with Crippen LogP contribution >= 0.6 is 11.6 Å². The van der Waals surface area contributed by atoms with Crippen molar-refractivity contribution in [3.05, 3.63) is 47.0 Å². The highest BCUT2D eigenvalue weighted by molar-refractivity contribution is 6.31. The first-order chi connectivity index (χ1) is 8.20. The molecule has 1 N–H and O–H groups in total. The molecule has 2 aromatic rings. The molecule has 0 aromatic heterocycles. The minimum absolute atomic E-state index is 0.197. The number of halogens is 1. The van der Waals surface area contributed by atoms with Gasteiger partial charge in [-0.2, -0.15) is 0 Å². The van der Waals surface area contributed by atoms with Crippen LogP contribution in [0.25, 0.3) is 10.8 Å². The second-order valence-electron chi connectivity index (χ2n) is 4.38. The summed E-state index contributed by atoms with van der Waals surface area (Å²) in [6, 6.07) is 12.2. The fraction of sp³-hybridized carbons (Fsp3) is 0.333. The van der Waals surface area contributed by atoms with E-state index < -0.39 is 0 Å². The summed E-state index contributed by atoms with van der Waals surface area (Å²) in [4.78, 5) is 0. The Morgan fingerprint density at radius 2 is 2.06 bits per heavy atom. The highest BCUT2D eigenvalue weighted by atomic mass is 35.5. The van der Waals surface area contributed by atoms with Crippen LogP contribution in [-0.4, -0.2) is 11.2 Å². The third-order valence-electron chi connectivity index (χ3n) is 3.15. The average Bonchev–Trinajstić information content (AvgIpc) is 2.35. The maximum atomic E-state index is 9.61. The number of fused-ring (bicyclic) bond motifs is 1. The number of hydrogen-bond donors (Lipinski definition) is 1. The van der Waals surface area contributed by atoms with E-state index in [0.29, 0.717) is 0 Å². The van der Waals surface area contributed by atoms with Crippen molar-refractivity contribution in [1.82, 2.24) is 0 Å². The first-order valence-corrected chi connectivity index (χ1v) is 6.43. The molecule has 0 saturated heterocycles. The molecule has 0 spiro atoms. The van der Waals surface area contributed by atoms with Crippen molar-refractivity contribution in [3.8, 4) is 0 Å². The molecule has 2 aromatic carbocycles. The summed E-state index contributed by atoms with van der Waals surface area (Å²) in [6.45, 7) is 2.01. The zero-order valence-electron chi connectivity index (χ0n) is 9.99. The molecule has 1 atom stereocenters. The summed E-state index contributed by atoms with van der Waals surface area (Å²) in [5, 5.41) is 12.8. The molecule has 0 aliphatic rings. The topological polar surface area (TPSA) is 20.2 Å². The molecule has 2 heteroatoms. The number of rotatable bonds is 4. The molecule has 1 nitrogen and oxygen atoms in total. The molecule has 2 rings (SSSR count). The standard InChI is InChI=1S/C15H17ClO/c1-2-14(17)8-6-11-4-3-5-12-10-13(16)7-9-15(11)12/h3-5,7,9-10,14,17H,2,6,8H2,1H3. The average molecular weight is 249 g/mol. The Morgan fingerprint density at radius 1 is 1.24 bits per heavy atom. The summed E-state index contributed by atoms with van der Waals surface area (Å²) >= 11 is 5.98. The van der Waals surface area contributed by atoms with Gasteiger partial charge in [-0.3, -0.25) is 0 Å². The van der Waals surface area contributed by atoms with E-state index in [1.807, 2.05) is 25.1 Å². The van der Waals surface area contributed by atoms with E-state index in [1.54, 1.807) is 0 Å². The van der Waals surface area contributed by atoms with E-state index in [-0.39, 0.29) is 6.10 Å². The van der Waals surface area contributed by atoms with Crippen LogP contribution in [0.5, 0.6) is 0 Å². The summed E-state index contributed by atoms with van der Waals surface area (Å²) in [5.41, 5.74) is 1.28. The molecule has 17 heavy (non-hydrogen) atoms. The van der Waals surface area contributed by atoms with Crippen LogP contribution in [0.1, 0.15) is 25.3 Å². The van der Waals surface area contributed by atoms with Gasteiger partial charge in [0.05, 0.1) is 6.10 Å². The van der Waals surface area contributed by atoms with Crippen LogP contribution < -0.4 is 0 Å². The van der Waals surface area contributed by atoms with Crippen LogP contribution in [0.3, 0.4) is 0 Å². The van der Waals surface area contributed by atoms with Crippen molar-refractivity contribution in [1.29, 1.82) is 0 Å². The summed E-state index contributed by atoms with van der Waals surface area (Å²) in [6.07, 6.45) is 2.35. The zero-order valence-corrected chi connectivity index (χ0v) is 10.7. The highest BCUT2D eigenvalue weighted by Crippen LogP contribution is 2.23. The van der Waals surface area contributed by atoms with E-state index in [1.165, 1.54) is 16.3 Å². The summed E-state index contributed by atoms with van der Waals surface area (Å²) < 4.78 is 0. The Kier molecular flexibility index (Phi) is 4.03. The van der Waals surface area contributed by atoms with Gasteiger partial charge in [-0.15, -0.1) is 0 Å². The van der Waals surface area contributed by atoms with Gasteiger partial charge in [0.2, 0.25) is 0 Å². The van der Waals surface area contributed by atoms with Gasteiger partial charge < -0.3 is 5.11 Å². The maximum absolute atomic E-state index is 9.61. The molecule has 0 aliphatic heterocycles. The van der Waals surface area contributed by atoms with E-state index in [2.05, 4.69) is 18.2 Å². The molecule has 0 bridgehead atoms. The molecule has 0 heterocycles. The quantitative estimate of drug-likeness (QED) is 0.860. The van der Waals surface area contributed by atoms with Gasteiger partial charge in [0.15, 0.2) is 0 Å². The fourth-order valence-electron chi connectivity index (χ4n) is 2.07. The maximum Gasteiger partial charge on any atom is 0.0540 e. The van der Waals surface area contributed by atoms with Crippen LogP contribution in [-0.2, 0) is 6.42 Å². The zero-order chi connectivity index (χ0) is 12.3. The molecule has 0 radical (unpaired) electrons. The third-order valence-corrected chi connectivity index (χ3v) is 3.39. The fourth-order valence-corrected chi connectivity index (χ4v) is 2.25. The first-order valence-electron chi connectivity index (χ1n) is 6.06. The van der Waals surface area contributed by atoms with Crippen LogP contribution in [0.15, 0.2) is 36.4 Å². The second kappa shape index (κ2) is 5.52. The first kappa shape index (κ1) is 12.4. The lowest BCUT2D eigenvalue weighted by Crippen LogP contribution is -2.05. The van der Waals surface area contributed by atoms with Crippen LogP contribution in [0.2, 0.25) is 5.02 Å². The van der Waals surface area contributed by atoms with Gasteiger partial charge in [0, 0.05) is 5.02 Å². The van der Waals surface area contributed by atoms with E-state index in [4.69, 9.17) is 11.6 Å².